The maximum atomic E-state index is 12.0. The molecular weight excluding hydrogens is 258 g/mol. The molecule has 20 heavy (non-hydrogen) atoms. The van der Waals surface area contributed by atoms with Crippen molar-refractivity contribution in [3.05, 3.63) is 52.1 Å². The largest absolute Gasteiger partial charge is 0.461 e. The molecule has 1 saturated carbocycles. The number of nitro groups is 1. The van der Waals surface area contributed by atoms with E-state index >= 15 is 0 Å². The molecule has 5 nitrogen and oxygen atoms in total. The van der Waals surface area contributed by atoms with Crippen LogP contribution in [0, 0.1) is 27.9 Å². The van der Waals surface area contributed by atoms with Gasteiger partial charge in [-0.2, -0.15) is 0 Å². The van der Waals surface area contributed by atoms with Crippen LogP contribution in [0.3, 0.4) is 0 Å². The molecular formula is C15H15NO4. The van der Waals surface area contributed by atoms with Gasteiger partial charge in [0.2, 0.25) is 0 Å². The number of non-ortho nitro benzene ring substituents is 1. The van der Waals surface area contributed by atoms with E-state index in [4.69, 9.17) is 4.74 Å². The van der Waals surface area contributed by atoms with Crippen LogP contribution in [0.5, 0.6) is 0 Å². The third-order valence-corrected chi connectivity index (χ3v) is 4.11. The van der Waals surface area contributed by atoms with Crippen LogP contribution >= 0.6 is 0 Å². The van der Waals surface area contributed by atoms with E-state index in [1.807, 2.05) is 0 Å². The number of carbonyl (C=O) groups excluding carboxylic acids is 1. The van der Waals surface area contributed by atoms with Crippen molar-refractivity contribution in [1.82, 2.24) is 0 Å². The lowest BCUT2D eigenvalue weighted by Crippen LogP contribution is -2.21. The van der Waals surface area contributed by atoms with Gasteiger partial charge < -0.3 is 4.74 Å². The van der Waals surface area contributed by atoms with E-state index in [1.54, 1.807) is 12.1 Å². The highest BCUT2D eigenvalue weighted by Crippen LogP contribution is 2.43. The molecule has 0 aromatic heterocycles. The number of nitrogens with zero attached hydrogens (tertiary/aromatic N) is 1. The summed E-state index contributed by atoms with van der Waals surface area (Å²) in [6, 6.07) is 6.07. The minimum Gasteiger partial charge on any atom is -0.461 e. The number of fused-ring (bicyclic) bond motifs is 2. The van der Waals surface area contributed by atoms with Crippen molar-refractivity contribution >= 4 is 11.7 Å². The van der Waals surface area contributed by atoms with Gasteiger partial charge in [-0.15, -0.1) is 0 Å². The SMILES string of the molecule is O=C(OCc1ccc([N+](=O)[O-])cc1)C1CC2C=CC1C2. The zero-order valence-corrected chi connectivity index (χ0v) is 10.9. The normalized spacial score (nSPS) is 26.7. The van der Waals surface area contributed by atoms with Gasteiger partial charge in [0.1, 0.15) is 6.61 Å². The van der Waals surface area contributed by atoms with Crippen LogP contribution < -0.4 is 0 Å². The number of allylic oxidation sites excluding steroid dienone is 2. The van der Waals surface area contributed by atoms with E-state index in [-0.39, 0.29) is 24.2 Å². The monoisotopic (exact) mass is 273 g/mol. The Hall–Kier alpha value is -2.17. The molecule has 0 amide bonds. The van der Waals surface area contributed by atoms with Gasteiger partial charge in [0.15, 0.2) is 0 Å². The second kappa shape index (κ2) is 5.07. The average Bonchev–Trinajstić information content (AvgIpc) is 3.08. The number of carbonyl (C=O) groups is 1. The molecule has 0 radical (unpaired) electrons. The summed E-state index contributed by atoms with van der Waals surface area (Å²) in [5.74, 6) is 0.713. The number of benzene rings is 1. The zero-order valence-electron chi connectivity index (χ0n) is 10.9. The number of ether oxygens (including phenoxy) is 1. The van der Waals surface area contributed by atoms with Gasteiger partial charge in [0.05, 0.1) is 10.8 Å². The molecule has 2 bridgehead atoms. The lowest BCUT2D eigenvalue weighted by atomic mass is 9.94. The number of nitro benzene ring substituents is 1. The molecule has 1 aromatic carbocycles. The highest BCUT2D eigenvalue weighted by Gasteiger charge is 2.40. The fourth-order valence-corrected chi connectivity index (χ4v) is 3.03. The summed E-state index contributed by atoms with van der Waals surface area (Å²) >= 11 is 0. The molecule has 3 unspecified atom stereocenters. The van der Waals surface area contributed by atoms with E-state index in [9.17, 15) is 14.9 Å². The number of hydrogen-bond acceptors (Lipinski definition) is 4. The summed E-state index contributed by atoms with van der Waals surface area (Å²) in [6.45, 7) is 0.175. The molecule has 104 valence electrons. The van der Waals surface area contributed by atoms with Crippen LogP contribution in [-0.2, 0) is 16.1 Å². The summed E-state index contributed by atoms with van der Waals surface area (Å²) in [7, 11) is 0. The van der Waals surface area contributed by atoms with Crippen molar-refractivity contribution in [2.45, 2.75) is 19.4 Å². The summed E-state index contributed by atoms with van der Waals surface area (Å²) in [4.78, 5) is 22.1. The minimum absolute atomic E-state index is 0.0111. The Morgan fingerprint density at radius 1 is 1.25 bits per heavy atom. The maximum Gasteiger partial charge on any atom is 0.309 e. The number of esters is 1. The van der Waals surface area contributed by atoms with Gasteiger partial charge in [-0.05, 0) is 42.4 Å². The Bertz CT molecular complexity index is 564. The topological polar surface area (TPSA) is 69.4 Å². The molecule has 5 heteroatoms. The first-order valence-corrected chi connectivity index (χ1v) is 6.72. The fraction of sp³-hybridized carbons (Fsp3) is 0.400. The predicted octanol–water partition coefficient (Wildman–Crippen LogP) is 2.85. The minimum atomic E-state index is -0.447. The molecule has 1 aromatic rings. The van der Waals surface area contributed by atoms with Crippen LogP contribution in [0.15, 0.2) is 36.4 Å². The van der Waals surface area contributed by atoms with E-state index in [1.165, 1.54) is 12.1 Å². The standard InChI is InChI=1S/C15H15NO4/c17-15(14-8-11-1-4-12(14)7-11)20-9-10-2-5-13(6-3-10)16(18)19/h1-6,11-12,14H,7-9H2. The number of rotatable bonds is 4. The van der Waals surface area contributed by atoms with Gasteiger partial charge >= 0.3 is 5.97 Å². The molecule has 3 rings (SSSR count). The molecule has 1 fully saturated rings. The van der Waals surface area contributed by atoms with Crippen LogP contribution in [0.2, 0.25) is 0 Å². The summed E-state index contributed by atoms with van der Waals surface area (Å²) in [6.07, 6.45) is 6.26. The lowest BCUT2D eigenvalue weighted by Gasteiger charge is -2.16. The highest BCUT2D eigenvalue weighted by molar-refractivity contribution is 5.74. The van der Waals surface area contributed by atoms with Crippen molar-refractivity contribution in [2.24, 2.45) is 17.8 Å². The Balaban J connectivity index is 1.55. The Morgan fingerprint density at radius 2 is 2.00 bits per heavy atom. The average molecular weight is 273 g/mol. The van der Waals surface area contributed by atoms with Gasteiger partial charge in [-0.3, -0.25) is 14.9 Å². The van der Waals surface area contributed by atoms with E-state index < -0.39 is 4.92 Å². The highest BCUT2D eigenvalue weighted by atomic mass is 16.6. The van der Waals surface area contributed by atoms with Gasteiger partial charge in [-0.25, -0.2) is 0 Å². The molecule has 0 heterocycles. The first kappa shape index (κ1) is 12.8. The Labute approximate surface area is 116 Å². The third kappa shape index (κ3) is 2.43. The molecule has 0 aliphatic heterocycles. The number of hydrogen-bond donors (Lipinski definition) is 0. The van der Waals surface area contributed by atoms with Crippen molar-refractivity contribution in [3.8, 4) is 0 Å². The molecule has 0 N–H and O–H groups in total. The van der Waals surface area contributed by atoms with E-state index in [2.05, 4.69) is 12.2 Å². The maximum absolute atomic E-state index is 12.0. The lowest BCUT2D eigenvalue weighted by molar-refractivity contribution is -0.384. The quantitative estimate of drug-likeness (QED) is 0.366. The summed E-state index contributed by atoms with van der Waals surface area (Å²) in [5.41, 5.74) is 0.806. The van der Waals surface area contributed by atoms with Crippen molar-refractivity contribution in [1.29, 1.82) is 0 Å². The third-order valence-electron chi connectivity index (χ3n) is 4.11. The van der Waals surface area contributed by atoms with Crippen LogP contribution in [-0.4, -0.2) is 10.9 Å². The second-order valence-corrected chi connectivity index (χ2v) is 5.42. The first-order chi connectivity index (χ1) is 9.63. The van der Waals surface area contributed by atoms with Crippen molar-refractivity contribution in [3.63, 3.8) is 0 Å². The van der Waals surface area contributed by atoms with Crippen molar-refractivity contribution < 1.29 is 14.5 Å². The molecule has 2 aliphatic rings. The first-order valence-electron chi connectivity index (χ1n) is 6.72. The van der Waals surface area contributed by atoms with Gasteiger partial charge in [0, 0.05) is 12.1 Å². The molecule has 3 atom stereocenters. The van der Waals surface area contributed by atoms with Crippen molar-refractivity contribution in [2.75, 3.05) is 0 Å². The van der Waals surface area contributed by atoms with Crippen LogP contribution in [0.25, 0.3) is 0 Å². The van der Waals surface area contributed by atoms with Gasteiger partial charge in [0.25, 0.3) is 5.69 Å². The van der Waals surface area contributed by atoms with E-state index in [0.717, 1.165) is 18.4 Å². The molecule has 0 spiro atoms. The van der Waals surface area contributed by atoms with Crippen LogP contribution in [0.1, 0.15) is 18.4 Å². The Morgan fingerprint density at radius 3 is 2.55 bits per heavy atom. The molecule has 0 saturated heterocycles. The predicted molar refractivity (Wildman–Crippen MR) is 71.7 cm³/mol. The smallest absolute Gasteiger partial charge is 0.309 e. The second-order valence-electron chi connectivity index (χ2n) is 5.42. The molecule has 2 aliphatic carbocycles. The Kier molecular flexibility index (Phi) is 3.26. The van der Waals surface area contributed by atoms with E-state index in [0.29, 0.717) is 11.8 Å². The van der Waals surface area contributed by atoms with Gasteiger partial charge in [-0.1, -0.05) is 12.2 Å². The fourth-order valence-electron chi connectivity index (χ4n) is 3.03. The summed E-state index contributed by atoms with van der Waals surface area (Å²) in [5, 5.41) is 10.5. The van der Waals surface area contributed by atoms with Crippen LogP contribution in [0.4, 0.5) is 5.69 Å². The zero-order chi connectivity index (χ0) is 14.1. The summed E-state index contributed by atoms with van der Waals surface area (Å²) < 4.78 is 5.32.